The van der Waals surface area contributed by atoms with E-state index in [1.54, 1.807) is 18.0 Å². The highest BCUT2D eigenvalue weighted by molar-refractivity contribution is 6.00. The normalized spacial score (nSPS) is 12.5. The summed E-state index contributed by atoms with van der Waals surface area (Å²) in [6.45, 7) is 4.59. The highest BCUT2D eigenvalue weighted by Gasteiger charge is 2.26. The first-order chi connectivity index (χ1) is 8.19. The van der Waals surface area contributed by atoms with E-state index in [-0.39, 0.29) is 5.78 Å². The molecule has 17 heavy (non-hydrogen) atoms. The van der Waals surface area contributed by atoms with Gasteiger partial charge in [0.25, 0.3) is 0 Å². The molecule has 0 aliphatic carbocycles. The summed E-state index contributed by atoms with van der Waals surface area (Å²) in [5.74, 6) is 0.445. The molecule has 0 bridgehead atoms. The van der Waals surface area contributed by atoms with Gasteiger partial charge in [0, 0.05) is 13.7 Å². The fraction of sp³-hybridized carbons (Fsp3) is 0.667. The lowest BCUT2D eigenvalue weighted by Crippen LogP contribution is -2.26. The van der Waals surface area contributed by atoms with Gasteiger partial charge in [-0.05, 0) is 13.3 Å². The molecule has 1 rings (SSSR count). The molecule has 1 unspecified atom stereocenters. The van der Waals surface area contributed by atoms with E-state index in [0.717, 1.165) is 6.42 Å². The average Bonchev–Trinajstić information content (AvgIpc) is 2.77. The molecule has 0 fully saturated rings. The molecular weight excluding hydrogens is 220 g/mol. The van der Waals surface area contributed by atoms with Crippen molar-refractivity contribution in [2.24, 2.45) is 0 Å². The summed E-state index contributed by atoms with van der Waals surface area (Å²) < 4.78 is 12.0. The van der Waals surface area contributed by atoms with Gasteiger partial charge < -0.3 is 9.47 Å². The number of rotatable bonds is 7. The molecule has 1 aromatic rings. The zero-order valence-corrected chi connectivity index (χ0v) is 10.9. The lowest BCUT2D eigenvalue weighted by Gasteiger charge is -2.14. The molecule has 0 aromatic carbocycles. The fourth-order valence-electron chi connectivity index (χ4n) is 1.78. The van der Waals surface area contributed by atoms with Crippen LogP contribution in [0.3, 0.4) is 0 Å². The van der Waals surface area contributed by atoms with E-state index in [0.29, 0.717) is 24.4 Å². The first-order valence-electron chi connectivity index (χ1n) is 5.86. The van der Waals surface area contributed by atoms with Gasteiger partial charge in [-0.2, -0.15) is 5.10 Å². The molecule has 5 heteroatoms. The second-order valence-electron chi connectivity index (χ2n) is 3.75. The van der Waals surface area contributed by atoms with Crippen molar-refractivity contribution in [1.82, 2.24) is 9.78 Å². The average molecular weight is 240 g/mol. The lowest BCUT2D eigenvalue weighted by atomic mass is 10.1. The Morgan fingerprint density at radius 2 is 2.18 bits per heavy atom. The van der Waals surface area contributed by atoms with E-state index in [9.17, 15) is 4.79 Å². The Bertz CT molecular complexity index is 352. The minimum atomic E-state index is -0.420. The van der Waals surface area contributed by atoms with Crippen LogP contribution in [-0.4, -0.2) is 35.9 Å². The maximum Gasteiger partial charge on any atom is 0.213 e. The zero-order valence-electron chi connectivity index (χ0n) is 10.9. The van der Waals surface area contributed by atoms with Crippen molar-refractivity contribution in [2.75, 3.05) is 14.2 Å². The van der Waals surface area contributed by atoms with Crippen LogP contribution in [-0.2, 0) is 11.3 Å². The Kier molecular flexibility index (Phi) is 5.15. The largest absolute Gasteiger partial charge is 0.493 e. The van der Waals surface area contributed by atoms with Crippen molar-refractivity contribution in [3.63, 3.8) is 0 Å². The van der Waals surface area contributed by atoms with Crippen LogP contribution in [0.25, 0.3) is 0 Å². The minimum absolute atomic E-state index is 0.0643. The molecule has 0 amide bonds. The summed E-state index contributed by atoms with van der Waals surface area (Å²) in [5.41, 5.74) is 0.496. The van der Waals surface area contributed by atoms with Crippen LogP contribution in [0.5, 0.6) is 5.75 Å². The molecule has 1 aromatic heterocycles. The standard InChI is InChI=1S/C12H20N2O3/c1-5-7-9(16-3)12(15)11-10(17-4)8-13-14(11)6-2/h8-9H,5-7H2,1-4H3. The van der Waals surface area contributed by atoms with Gasteiger partial charge in [-0.1, -0.05) is 13.3 Å². The van der Waals surface area contributed by atoms with Crippen LogP contribution in [0.2, 0.25) is 0 Å². The lowest BCUT2D eigenvalue weighted by molar-refractivity contribution is 0.0565. The van der Waals surface area contributed by atoms with Crippen molar-refractivity contribution >= 4 is 5.78 Å². The van der Waals surface area contributed by atoms with Gasteiger partial charge in [-0.3, -0.25) is 9.48 Å². The number of hydrogen-bond acceptors (Lipinski definition) is 4. The molecule has 1 atom stereocenters. The van der Waals surface area contributed by atoms with Gasteiger partial charge >= 0.3 is 0 Å². The maximum atomic E-state index is 12.3. The van der Waals surface area contributed by atoms with Gasteiger partial charge in [-0.25, -0.2) is 0 Å². The van der Waals surface area contributed by atoms with Crippen LogP contribution in [0, 0.1) is 0 Å². The predicted molar refractivity (Wildman–Crippen MR) is 64.5 cm³/mol. The zero-order chi connectivity index (χ0) is 12.8. The number of nitrogens with zero attached hydrogens (tertiary/aromatic N) is 2. The number of ether oxygens (including phenoxy) is 2. The fourth-order valence-corrected chi connectivity index (χ4v) is 1.78. The second kappa shape index (κ2) is 6.39. The second-order valence-corrected chi connectivity index (χ2v) is 3.75. The van der Waals surface area contributed by atoms with Crippen LogP contribution in [0.4, 0.5) is 0 Å². The Labute approximate surface area is 102 Å². The molecule has 0 aliphatic heterocycles. The van der Waals surface area contributed by atoms with Gasteiger partial charge in [0.2, 0.25) is 5.78 Å². The van der Waals surface area contributed by atoms with Gasteiger partial charge in [0.15, 0.2) is 5.75 Å². The van der Waals surface area contributed by atoms with Crippen molar-refractivity contribution < 1.29 is 14.3 Å². The Hall–Kier alpha value is -1.36. The first-order valence-corrected chi connectivity index (χ1v) is 5.86. The van der Waals surface area contributed by atoms with E-state index >= 15 is 0 Å². The Balaban J connectivity index is 3.04. The summed E-state index contributed by atoms with van der Waals surface area (Å²) in [6.07, 6.45) is 2.74. The monoisotopic (exact) mass is 240 g/mol. The molecule has 0 aliphatic rings. The molecule has 0 saturated carbocycles. The molecule has 0 radical (unpaired) electrons. The Morgan fingerprint density at radius 1 is 1.47 bits per heavy atom. The summed E-state index contributed by atoms with van der Waals surface area (Å²) in [4.78, 5) is 12.3. The maximum absolute atomic E-state index is 12.3. The van der Waals surface area contributed by atoms with E-state index < -0.39 is 6.10 Å². The predicted octanol–water partition coefficient (Wildman–Crippen LogP) is 1.91. The first kappa shape index (κ1) is 13.7. The number of ketones is 1. The third-order valence-corrected chi connectivity index (χ3v) is 2.69. The summed E-state index contributed by atoms with van der Waals surface area (Å²) in [5, 5.41) is 4.12. The topological polar surface area (TPSA) is 53.4 Å². The summed E-state index contributed by atoms with van der Waals surface area (Å²) >= 11 is 0. The smallest absolute Gasteiger partial charge is 0.213 e. The molecule has 0 saturated heterocycles. The van der Waals surface area contributed by atoms with Crippen LogP contribution >= 0.6 is 0 Å². The van der Waals surface area contributed by atoms with Gasteiger partial charge in [-0.15, -0.1) is 0 Å². The number of aromatic nitrogens is 2. The molecule has 5 nitrogen and oxygen atoms in total. The number of aryl methyl sites for hydroxylation is 1. The minimum Gasteiger partial charge on any atom is -0.493 e. The molecule has 1 heterocycles. The number of hydrogen-bond donors (Lipinski definition) is 0. The molecule has 0 spiro atoms. The van der Waals surface area contributed by atoms with Crippen molar-refractivity contribution in [1.29, 1.82) is 0 Å². The molecular formula is C12H20N2O3. The quantitative estimate of drug-likeness (QED) is 0.683. The number of methoxy groups -OCH3 is 2. The van der Waals surface area contributed by atoms with Crippen molar-refractivity contribution in [3.05, 3.63) is 11.9 Å². The van der Waals surface area contributed by atoms with Gasteiger partial charge in [0.1, 0.15) is 11.8 Å². The summed E-state index contributed by atoms with van der Waals surface area (Å²) in [6, 6.07) is 0. The van der Waals surface area contributed by atoms with E-state index in [4.69, 9.17) is 9.47 Å². The highest BCUT2D eigenvalue weighted by atomic mass is 16.5. The molecule has 0 N–H and O–H groups in total. The van der Waals surface area contributed by atoms with Crippen molar-refractivity contribution in [3.8, 4) is 5.75 Å². The number of carbonyl (C=O) groups excluding carboxylic acids is 1. The SMILES string of the molecule is CCCC(OC)C(=O)c1c(OC)cnn1CC. The number of carbonyl (C=O) groups is 1. The van der Waals surface area contributed by atoms with E-state index in [1.807, 2.05) is 13.8 Å². The third kappa shape index (κ3) is 2.85. The highest BCUT2D eigenvalue weighted by Crippen LogP contribution is 2.21. The molecule has 96 valence electrons. The van der Waals surface area contributed by atoms with E-state index in [1.165, 1.54) is 7.11 Å². The Morgan fingerprint density at radius 3 is 2.65 bits per heavy atom. The van der Waals surface area contributed by atoms with Crippen molar-refractivity contribution in [2.45, 2.75) is 39.3 Å². The summed E-state index contributed by atoms with van der Waals surface area (Å²) in [7, 11) is 3.09. The van der Waals surface area contributed by atoms with Crippen LogP contribution in [0.1, 0.15) is 37.2 Å². The van der Waals surface area contributed by atoms with Crippen LogP contribution < -0.4 is 4.74 Å². The van der Waals surface area contributed by atoms with Crippen LogP contribution in [0.15, 0.2) is 6.20 Å². The number of Topliss-reactive ketones (excluding diaryl/α,β-unsaturated/α-hetero) is 1. The third-order valence-electron chi connectivity index (χ3n) is 2.69. The van der Waals surface area contributed by atoms with Gasteiger partial charge in [0.05, 0.1) is 13.3 Å². The van der Waals surface area contributed by atoms with E-state index in [2.05, 4.69) is 5.10 Å².